The van der Waals surface area contributed by atoms with Crippen LogP contribution < -0.4 is 0 Å². The first-order chi connectivity index (χ1) is 17.8. The highest BCUT2D eigenvalue weighted by atomic mass is 32.1. The van der Waals surface area contributed by atoms with Gasteiger partial charge >= 0.3 is 23.9 Å². The second-order valence-corrected chi connectivity index (χ2v) is 9.97. The van der Waals surface area contributed by atoms with Gasteiger partial charge in [-0.1, -0.05) is 26.8 Å². The summed E-state index contributed by atoms with van der Waals surface area (Å²) in [5.41, 5.74) is -0.797. The van der Waals surface area contributed by atoms with E-state index in [0.717, 1.165) is 10.1 Å². The second kappa shape index (κ2) is 12.9. The molecule has 9 heteroatoms. The Hall–Kier alpha value is -3.20. The fourth-order valence-electron chi connectivity index (χ4n) is 4.36. The van der Waals surface area contributed by atoms with Crippen molar-refractivity contribution in [1.82, 2.24) is 0 Å². The zero-order chi connectivity index (χ0) is 27.0. The fourth-order valence-corrected chi connectivity index (χ4v) is 5.13. The number of rotatable bonds is 11. The van der Waals surface area contributed by atoms with Crippen molar-refractivity contribution in [2.24, 2.45) is 0 Å². The summed E-state index contributed by atoms with van der Waals surface area (Å²) in [6, 6.07) is 7.64. The molecule has 1 aliphatic rings. The van der Waals surface area contributed by atoms with Crippen molar-refractivity contribution in [1.29, 1.82) is 0 Å². The molecule has 200 valence electrons. The number of ether oxygens (including phenoxy) is 4. The molecule has 0 saturated heterocycles. The average Bonchev–Trinajstić information content (AvgIpc) is 3.33. The highest BCUT2D eigenvalue weighted by Crippen LogP contribution is 2.41. The Bertz CT molecular complexity index is 1170. The molecule has 0 unspecified atom stereocenters. The van der Waals surface area contributed by atoms with E-state index < -0.39 is 41.7 Å². The van der Waals surface area contributed by atoms with Crippen LogP contribution in [0.4, 0.5) is 0 Å². The van der Waals surface area contributed by atoms with E-state index in [1.807, 2.05) is 50.4 Å². The number of benzene rings is 1. The molecule has 37 heavy (non-hydrogen) atoms. The van der Waals surface area contributed by atoms with E-state index in [-0.39, 0.29) is 25.7 Å². The van der Waals surface area contributed by atoms with Crippen molar-refractivity contribution in [3.8, 4) is 0 Å². The summed E-state index contributed by atoms with van der Waals surface area (Å²) in [6.45, 7) is 5.52. The Morgan fingerprint density at radius 3 is 2.22 bits per heavy atom. The minimum Gasteiger partial charge on any atom is -0.466 e. The lowest BCUT2D eigenvalue weighted by Crippen LogP contribution is -2.53. The summed E-state index contributed by atoms with van der Waals surface area (Å²) in [6.07, 6.45) is 1.25. The van der Waals surface area contributed by atoms with Gasteiger partial charge in [0.25, 0.3) is 0 Å². The Balaban J connectivity index is 2.20. The van der Waals surface area contributed by atoms with Gasteiger partial charge < -0.3 is 18.9 Å². The molecule has 0 N–H and O–H groups in total. The van der Waals surface area contributed by atoms with Gasteiger partial charge in [0.05, 0.1) is 7.11 Å². The first-order valence-electron chi connectivity index (χ1n) is 12.7. The standard InChI is InChI=1S/C28H34O8S/c1-5-8-23(29)34-21-17-28(27(32)33-4,36-25(31)10-7-3)16-20(26(21)35-24(30)9-6-2)18-11-12-22-19(15-18)13-14-37-22/h11-16,21,26H,5-10,17H2,1-4H3/t21-,26-,28+/m1/s1. The van der Waals surface area contributed by atoms with Crippen LogP contribution in [0.1, 0.15) is 71.3 Å². The molecule has 1 aromatic carbocycles. The van der Waals surface area contributed by atoms with Crippen LogP contribution in [-0.4, -0.2) is 48.8 Å². The number of carbonyl (C=O) groups excluding carboxylic acids is 4. The minimum atomic E-state index is -1.86. The highest BCUT2D eigenvalue weighted by molar-refractivity contribution is 7.17. The molecule has 0 saturated carbocycles. The summed E-state index contributed by atoms with van der Waals surface area (Å²) in [7, 11) is 1.20. The van der Waals surface area contributed by atoms with Crippen molar-refractivity contribution < 1.29 is 38.1 Å². The van der Waals surface area contributed by atoms with E-state index in [1.165, 1.54) is 13.2 Å². The molecule has 3 rings (SSSR count). The molecule has 0 fully saturated rings. The maximum Gasteiger partial charge on any atom is 0.354 e. The van der Waals surface area contributed by atoms with Crippen molar-refractivity contribution in [2.75, 3.05) is 7.11 Å². The number of hydrogen-bond donors (Lipinski definition) is 0. The molecule has 1 heterocycles. The van der Waals surface area contributed by atoms with Gasteiger partial charge in [0.15, 0.2) is 6.10 Å². The number of esters is 4. The van der Waals surface area contributed by atoms with Crippen LogP contribution in [0.25, 0.3) is 15.7 Å². The predicted octanol–water partition coefficient (Wildman–Crippen LogP) is 5.37. The molecule has 2 aromatic rings. The zero-order valence-corrected chi connectivity index (χ0v) is 22.6. The fraction of sp³-hybridized carbons (Fsp3) is 0.500. The first-order valence-corrected chi connectivity index (χ1v) is 13.5. The molecule has 0 amide bonds. The monoisotopic (exact) mass is 530 g/mol. The number of fused-ring (bicyclic) bond motifs is 1. The Morgan fingerprint density at radius 2 is 1.57 bits per heavy atom. The maximum absolute atomic E-state index is 13.2. The normalized spacial score (nSPS) is 21.1. The minimum absolute atomic E-state index is 0.0952. The van der Waals surface area contributed by atoms with E-state index in [0.29, 0.717) is 30.4 Å². The summed E-state index contributed by atoms with van der Waals surface area (Å²) >= 11 is 1.58. The van der Waals surface area contributed by atoms with Crippen molar-refractivity contribution in [2.45, 2.75) is 83.5 Å². The SMILES string of the molecule is CCCC(=O)O[C@@H]1C(c2ccc3sccc3c2)=C[C@@](OC(=O)CCC)(C(=O)OC)C[C@H]1OC(=O)CCC. The van der Waals surface area contributed by atoms with Crippen LogP contribution in [0.2, 0.25) is 0 Å². The van der Waals surface area contributed by atoms with Crippen LogP contribution in [0, 0.1) is 0 Å². The number of carbonyl (C=O) groups is 4. The molecule has 0 spiro atoms. The largest absolute Gasteiger partial charge is 0.466 e. The Morgan fingerprint density at radius 1 is 0.919 bits per heavy atom. The smallest absolute Gasteiger partial charge is 0.354 e. The van der Waals surface area contributed by atoms with Crippen LogP contribution in [0.5, 0.6) is 0 Å². The Labute approximate surface area is 220 Å². The molecule has 0 radical (unpaired) electrons. The third-order valence-corrected chi connectivity index (χ3v) is 6.95. The summed E-state index contributed by atoms with van der Waals surface area (Å²) in [5, 5.41) is 2.92. The summed E-state index contributed by atoms with van der Waals surface area (Å²) in [4.78, 5) is 51.1. The summed E-state index contributed by atoms with van der Waals surface area (Å²) < 4.78 is 23.5. The van der Waals surface area contributed by atoms with Gasteiger partial charge in [-0.15, -0.1) is 11.3 Å². The number of thiophene rings is 1. The van der Waals surface area contributed by atoms with Crippen LogP contribution in [0.15, 0.2) is 35.7 Å². The van der Waals surface area contributed by atoms with E-state index in [2.05, 4.69) is 0 Å². The third kappa shape index (κ3) is 6.77. The van der Waals surface area contributed by atoms with Crippen LogP contribution in [0.3, 0.4) is 0 Å². The molecule has 8 nitrogen and oxygen atoms in total. The van der Waals surface area contributed by atoms with Crippen molar-refractivity contribution in [3.05, 3.63) is 41.3 Å². The zero-order valence-electron chi connectivity index (χ0n) is 21.7. The lowest BCUT2D eigenvalue weighted by molar-refractivity contribution is -0.186. The molecule has 0 aliphatic heterocycles. The van der Waals surface area contributed by atoms with Gasteiger partial charge in [0, 0.05) is 36.0 Å². The van der Waals surface area contributed by atoms with Gasteiger partial charge in [-0.25, -0.2) is 4.79 Å². The summed E-state index contributed by atoms with van der Waals surface area (Å²) in [5.74, 6) is -2.35. The predicted molar refractivity (Wildman–Crippen MR) is 140 cm³/mol. The van der Waals surface area contributed by atoms with E-state index in [9.17, 15) is 19.2 Å². The van der Waals surface area contributed by atoms with Crippen LogP contribution in [-0.2, 0) is 38.1 Å². The number of methoxy groups -OCH3 is 1. The highest BCUT2D eigenvalue weighted by Gasteiger charge is 2.52. The first kappa shape index (κ1) is 28.4. The average molecular weight is 531 g/mol. The van der Waals surface area contributed by atoms with E-state index >= 15 is 0 Å². The van der Waals surface area contributed by atoms with Gasteiger partial charge in [-0.3, -0.25) is 14.4 Å². The van der Waals surface area contributed by atoms with Crippen molar-refractivity contribution in [3.63, 3.8) is 0 Å². The second-order valence-electron chi connectivity index (χ2n) is 9.02. The lowest BCUT2D eigenvalue weighted by Gasteiger charge is -2.40. The topological polar surface area (TPSA) is 105 Å². The maximum atomic E-state index is 13.2. The van der Waals surface area contributed by atoms with Gasteiger partial charge in [0.1, 0.15) is 6.10 Å². The molecular formula is C28H34O8S. The molecule has 0 bridgehead atoms. The van der Waals surface area contributed by atoms with Crippen LogP contribution >= 0.6 is 11.3 Å². The molecule has 3 atom stereocenters. The van der Waals surface area contributed by atoms with Gasteiger partial charge in [-0.05, 0) is 59.9 Å². The van der Waals surface area contributed by atoms with E-state index in [1.54, 1.807) is 11.3 Å². The third-order valence-electron chi connectivity index (χ3n) is 6.05. The van der Waals surface area contributed by atoms with Gasteiger partial charge in [-0.2, -0.15) is 0 Å². The molecule has 1 aromatic heterocycles. The quantitative estimate of drug-likeness (QED) is 0.282. The number of hydrogen-bond acceptors (Lipinski definition) is 9. The van der Waals surface area contributed by atoms with E-state index in [4.69, 9.17) is 18.9 Å². The lowest BCUT2D eigenvalue weighted by atomic mass is 9.79. The Kier molecular flexibility index (Phi) is 9.86. The van der Waals surface area contributed by atoms with Gasteiger partial charge in [0.2, 0.25) is 5.60 Å². The van der Waals surface area contributed by atoms with Crippen molar-refractivity contribution >= 4 is 50.9 Å². The molecular weight excluding hydrogens is 496 g/mol. The molecule has 1 aliphatic carbocycles.